The standard InChI is InChI=1S/C22H29ClO2S.C7H11NO3/c1-5-22(16(2)3)17-6-10-19(11-7-17)25-14-20(24-4)15-26-21-12-8-18(23)9-13-21;1-6(2)7(10)11-4-3-8-5-9/h6-13,16,20,22H,5,14-15H2,1-4H3;5H,1,3-4H2,2H3,(H,8,9). The molecule has 2 aromatic carbocycles. The second kappa shape index (κ2) is 18.7. The Morgan fingerprint density at radius 1 is 1.14 bits per heavy atom. The lowest BCUT2D eigenvalue weighted by molar-refractivity contribution is -0.139. The Bertz CT molecular complexity index is 934. The van der Waals surface area contributed by atoms with Crippen LogP contribution in [-0.4, -0.2) is 51.1 Å². The van der Waals surface area contributed by atoms with Gasteiger partial charge in [-0.3, -0.25) is 4.79 Å². The summed E-state index contributed by atoms with van der Waals surface area (Å²) < 4.78 is 16.1. The second-order valence-corrected chi connectivity index (χ2v) is 10.3. The first-order valence-electron chi connectivity index (χ1n) is 12.3. The fraction of sp³-hybridized carbons (Fsp3) is 0.448. The van der Waals surface area contributed by atoms with Crippen LogP contribution in [0.1, 0.15) is 45.6 Å². The molecule has 0 aliphatic rings. The number of hydrogen-bond donors (Lipinski definition) is 1. The maximum atomic E-state index is 10.7. The molecular weight excluding hydrogens is 510 g/mol. The molecule has 1 N–H and O–H groups in total. The lowest BCUT2D eigenvalue weighted by atomic mass is 9.86. The molecule has 0 saturated carbocycles. The van der Waals surface area contributed by atoms with E-state index in [4.69, 9.17) is 21.1 Å². The molecule has 0 aromatic heterocycles. The lowest BCUT2D eigenvalue weighted by Crippen LogP contribution is -2.22. The first-order chi connectivity index (χ1) is 17.7. The fourth-order valence-corrected chi connectivity index (χ4v) is 4.45. The van der Waals surface area contributed by atoms with Gasteiger partial charge in [-0.25, -0.2) is 4.79 Å². The summed E-state index contributed by atoms with van der Waals surface area (Å²) in [6, 6.07) is 16.4. The highest BCUT2D eigenvalue weighted by atomic mass is 35.5. The predicted octanol–water partition coefficient (Wildman–Crippen LogP) is 6.53. The lowest BCUT2D eigenvalue weighted by Gasteiger charge is -2.20. The van der Waals surface area contributed by atoms with Gasteiger partial charge in [0.2, 0.25) is 6.41 Å². The summed E-state index contributed by atoms with van der Waals surface area (Å²) in [6.45, 7) is 12.8. The van der Waals surface area contributed by atoms with E-state index in [1.807, 2.05) is 24.3 Å². The molecule has 1 amide bonds. The Morgan fingerprint density at radius 2 is 1.78 bits per heavy atom. The number of halogens is 1. The zero-order valence-corrected chi connectivity index (χ0v) is 24.1. The first kappa shape index (κ1) is 32.5. The van der Waals surface area contributed by atoms with E-state index in [2.05, 4.69) is 61.7 Å². The van der Waals surface area contributed by atoms with Gasteiger partial charge in [-0.15, -0.1) is 11.8 Å². The molecule has 0 radical (unpaired) electrons. The Balaban J connectivity index is 0.000000525. The minimum atomic E-state index is -0.433. The number of amides is 1. The van der Waals surface area contributed by atoms with Crippen LogP contribution in [0.25, 0.3) is 0 Å². The van der Waals surface area contributed by atoms with Crippen molar-refractivity contribution >= 4 is 35.7 Å². The van der Waals surface area contributed by atoms with Crippen LogP contribution in [0.2, 0.25) is 5.02 Å². The van der Waals surface area contributed by atoms with Crippen LogP contribution in [0.15, 0.2) is 65.6 Å². The van der Waals surface area contributed by atoms with Crippen molar-refractivity contribution in [1.82, 2.24) is 5.32 Å². The molecule has 0 saturated heterocycles. The zero-order chi connectivity index (χ0) is 27.6. The molecule has 0 aliphatic heterocycles. The molecule has 0 spiro atoms. The second-order valence-electron chi connectivity index (χ2n) is 8.75. The molecule has 0 fully saturated rings. The molecule has 204 valence electrons. The van der Waals surface area contributed by atoms with Gasteiger partial charge < -0.3 is 19.5 Å². The van der Waals surface area contributed by atoms with Crippen molar-refractivity contribution in [3.8, 4) is 5.75 Å². The van der Waals surface area contributed by atoms with Crippen molar-refractivity contribution in [1.29, 1.82) is 0 Å². The number of nitrogens with one attached hydrogen (secondary N) is 1. The molecule has 2 rings (SSSR count). The third kappa shape index (κ3) is 13.6. The number of carbonyl (C=O) groups excluding carboxylic acids is 2. The van der Waals surface area contributed by atoms with Gasteiger partial charge in [0.1, 0.15) is 25.1 Å². The zero-order valence-electron chi connectivity index (χ0n) is 22.5. The van der Waals surface area contributed by atoms with Gasteiger partial charge in [0.25, 0.3) is 0 Å². The molecule has 37 heavy (non-hydrogen) atoms. The number of benzene rings is 2. The van der Waals surface area contributed by atoms with Crippen LogP contribution in [0.4, 0.5) is 0 Å². The van der Waals surface area contributed by atoms with E-state index in [1.165, 1.54) is 10.5 Å². The van der Waals surface area contributed by atoms with Crippen molar-refractivity contribution in [3.63, 3.8) is 0 Å². The quantitative estimate of drug-likeness (QED) is 0.0895. The van der Waals surface area contributed by atoms with Crippen molar-refractivity contribution in [2.45, 2.75) is 51.0 Å². The molecule has 0 bridgehead atoms. The summed E-state index contributed by atoms with van der Waals surface area (Å²) in [5.74, 6) is 2.55. The number of ether oxygens (including phenoxy) is 3. The van der Waals surface area contributed by atoms with E-state index < -0.39 is 5.97 Å². The SMILES string of the molecule is C=C(C)C(=O)OCCNC=O.CCC(c1ccc(OCC(CSc2ccc(Cl)cc2)OC)cc1)C(C)C. The number of rotatable bonds is 15. The van der Waals surface area contributed by atoms with E-state index in [1.54, 1.807) is 25.8 Å². The van der Waals surface area contributed by atoms with Gasteiger partial charge in [-0.2, -0.15) is 0 Å². The molecule has 8 heteroatoms. The monoisotopic (exact) mass is 549 g/mol. The Labute approximate surface area is 231 Å². The minimum Gasteiger partial charge on any atom is -0.491 e. The van der Waals surface area contributed by atoms with Crippen molar-refractivity contribution < 1.29 is 23.8 Å². The maximum absolute atomic E-state index is 10.7. The Hall–Kier alpha value is -2.48. The smallest absolute Gasteiger partial charge is 0.333 e. The number of esters is 1. The topological polar surface area (TPSA) is 73.9 Å². The molecule has 2 aromatic rings. The molecule has 2 atom stereocenters. The summed E-state index contributed by atoms with van der Waals surface area (Å²) in [5.41, 5.74) is 1.74. The summed E-state index contributed by atoms with van der Waals surface area (Å²) in [6.07, 6.45) is 1.74. The predicted molar refractivity (Wildman–Crippen MR) is 153 cm³/mol. The van der Waals surface area contributed by atoms with Crippen LogP contribution in [0.3, 0.4) is 0 Å². The van der Waals surface area contributed by atoms with Gasteiger partial charge in [0.15, 0.2) is 0 Å². The van der Waals surface area contributed by atoms with Crippen molar-refractivity contribution in [3.05, 3.63) is 71.3 Å². The molecule has 0 heterocycles. The number of thioether (sulfide) groups is 1. The van der Waals surface area contributed by atoms with E-state index in [-0.39, 0.29) is 12.7 Å². The molecule has 2 unspecified atom stereocenters. The van der Waals surface area contributed by atoms with Crippen LogP contribution < -0.4 is 10.1 Å². The number of hydrogen-bond acceptors (Lipinski definition) is 6. The normalized spacial score (nSPS) is 12.1. The minimum absolute atomic E-state index is 0.0365. The van der Waals surface area contributed by atoms with Gasteiger partial charge in [-0.1, -0.05) is 51.1 Å². The van der Waals surface area contributed by atoms with E-state index in [0.717, 1.165) is 22.9 Å². The summed E-state index contributed by atoms with van der Waals surface area (Å²) in [5, 5.41) is 3.11. The number of carbonyl (C=O) groups is 2. The summed E-state index contributed by atoms with van der Waals surface area (Å²) >= 11 is 7.67. The van der Waals surface area contributed by atoms with Gasteiger partial charge in [0, 0.05) is 28.4 Å². The van der Waals surface area contributed by atoms with Crippen LogP contribution in [-0.2, 0) is 19.1 Å². The Morgan fingerprint density at radius 3 is 2.30 bits per heavy atom. The van der Waals surface area contributed by atoms with Crippen LogP contribution in [0, 0.1) is 5.92 Å². The van der Waals surface area contributed by atoms with Gasteiger partial charge in [0.05, 0.1) is 6.54 Å². The number of methoxy groups -OCH3 is 1. The summed E-state index contributed by atoms with van der Waals surface area (Å²) in [4.78, 5) is 21.6. The third-order valence-electron chi connectivity index (χ3n) is 5.48. The van der Waals surface area contributed by atoms with Gasteiger partial charge in [-0.05, 0) is 67.1 Å². The summed E-state index contributed by atoms with van der Waals surface area (Å²) in [7, 11) is 1.73. The molecule has 0 aliphatic carbocycles. The largest absolute Gasteiger partial charge is 0.491 e. The average molecular weight is 550 g/mol. The van der Waals surface area contributed by atoms with E-state index in [9.17, 15) is 9.59 Å². The van der Waals surface area contributed by atoms with Crippen molar-refractivity contribution in [2.24, 2.45) is 5.92 Å². The fourth-order valence-electron chi connectivity index (χ4n) is 3.38. The molecule has 6 nitrogen and oxygen atoms in total. The van der Waals surface area contributed by atoms with Crippen LogP contribution >= 0.6 is 23.4 Å². The molecular formula is C29H40ClNO5S. The Kier molecular flexibility index (Phi) is 16.5. The highest BCUT2D eigenvalue weighted by Crippen LogP contribution is 2.29. The first-order valence-corrected chi connectivity index (χ1v) is 13.7. The van der Waals surface area contributed by atoms with Gasteiger partial charge >= 0.3 is 5.97 Å². The maximum Gasteiger partial charge on any atom is 0.333 e. The average Bonchev–Trinajstić information content (AvgIpc) is 2.89. The van der Waals surface area contributed by atoms with E-state index >= 15 is 0 Å². The van der Waals surface area contributed by atoms with Crippen molar-refractivity contribution in [2.75, 3.05) is 32.6 Å². The highest BCUT2D eigenvalue weighted by Gasteiger charge is 2.14. The third-order valence-corrected chi connectivity index (χ3v) is 6.88. The highest BCUT2D eigenvalue weighted by molar-refractivity contribution is 7.99. The van der Waals surface area contributed by atoms with E-state index in [0.29, 0.717) is 37.0 Å². The van der Waals surface area contributed by atoms with Crippen LogP contribution in [0.5, 0.6) is 5.75 Å².